The number of carbonyl (C=O) groups excluding carboxylic acids is 1. The highest BCUT2D eigenvalue weighted by atomic mass is 32.1. The number of benzene rings is 1. The molecule has 0 aliphatic rings. The van der Waals surface area contributed by atoms with Crippen LogP contribution >= 0.6 is 11.3 Å². The van der Waals surface area contributed by atoms with Crippen LogP contribution in [0.4, 0.5) is 15.0 Å². The highest BCUT2D eigenvalue weighted by Crippen LogP contribution is 2.16. The van der Waals surface area contributed by atoms with Crippen LogP contribution in [0.25, 0.3) is 0 Å². The first-order chi connectivity index (χ1) is 11.6. The summed E-state index contributed by atoms with van der Waals surface area (Å²) in [6.07, 6.45) is 3.25. The molecule has 0 saturated heterocycles. The molecule has 8 heteroatoms. The number of rotatable bonds is 5. The van der Waals surface area contributed by atoms with Gasteiger partial charge in [-0.3, -0.25) is 5.32 Å². The zero-order chi connectivity index (χ0) is 16.9. The van der Waals surface area contributed by atoms with Gasteiger partial charge in [-0.25, -0.2) is 18.9 Å². The summed E-state index contributed by atoms with van der Waals surface area (Å²) >= 11 is 1.47. The zero-order valence-corrected chi connectivity index (χ0v) is 13.8. The molecule has 0 bridgehead atoms. The normalized spacial score (nSPS) is 11.9. The second-order valence-electron chi connectivity index (χ2n) is 5.16. The lowest BCUT2D eigenvalue weighted by molar-refractivity contribution is 0.249. The summed E-state index contributed by atoms with van der Waals surface area (Å²) in [7, 11) is 0. The molecule has 2 N–H and O–H groups in total. The zero-order valence-electron chi connectivity index (χ0n) is 12.9. The number of carbonyl (C=O) groups is 1. The third-order valence-electron chi connectivity index (χ3n) is 3.41. The number of anilines is 1. The Morgan fingerprint density at radius 3 is 2.92 bits per heavy atom. The average Bonchev–Trinajstić information content (AvgIpc) is 3.22. The van der Waals surface area contributed by atoms with Crippen LogP contribution < -0.4 is 10.6 Å². The van der Waals surface area contributed by atoms with Gasteiger partial charge in [0.2, 0.25) is 0 Å². The SMILES string of the molecule is CC(NC(=O)Nc1ccnn1Cc1ccccc1F)c1nccs1. The molecule has 0 saturated carbocycles. The summed E-state index contributed by atoms with van der Waals surface area (Å²) in [5, 5.41) is 12.3. The number of hydrogen-bond donors (Lipinski definition) is 2. The number of amides is 2. The molecule has 0 radical (unpaired) electrons. The van der Waals surface area contributed by atoms with Crippen molar-refractivity contribution in [3.05, 3.63) is 64.5 Å². The Morgan fingerprint density at radius 1 is 1.33 bits per heavy atom. The Kier molecular flexibility index (Phi) is 4.85. The van der Waals surface area contributed by atoms with E-state index in [1.165, 1.54) is 22.1 Å². The number of urea groups is 1. The van der Waals surface area contributed by atoms with Gasteiger partial charge >= 0.3 is 6.03 Å². The van der Waals surface area contributed by atoms with Gasteiger partial charge in [0.15, 0.2) is 0 Å². The van der Waals surface area contributed by atoms with Crippen LogP contribution in [0.1, 0.15) is 23.5 Å². The van der Waals surface area contributed by atoms with E-state index >= 15 is 0 Å². The number of aromatic nitrogens is 3. The summed E-state index contributed by atoms with van der Waals surface area (Å²) < 4.78 is 15.3. The first-order valence-electron chi connectivity index (χ1n) is 7.35. The van der Waals surface area contributed by atoms with Gasteiger partial charge in [-0.15, -0.1) is 11.3 Å². The van der Waals surface area contributed by atoms with Crippen molar-refractivity contribution >= 4 is 23.2 Å². The van der Waals surface area contributed by atoms with Crippen LogP contribution in [0.15, 0.2) is 48.1 Å². The molecule has 2 heterocycles. The van der Waals surface area contributed by atoms with E-state index in [0.717, 1.165) is 5.01 Å². The molecule has 0 aliphatic heterocycles. The van der Waals surface area contributed by atoms with Crippen molar-refractivity contribution in [2.75, 3.05) is 5.32 Å². The molecule has 6 nitrogen and oxygen atoms in total. The van der Waals surface area contributed by atoms with Gasteiger partial charge in [-0.1, -0.05) is 18.2 Å². The quantitative estimate of drug-likeness (QED) is 0.744. The Hall–Kier alpha value is -2.74. The molecule has 124 valence electrons. The summed E-state index contributed by atoms with van der Waals surface area (Å²) in [6, 6.07) is 7.57. The second-order valence-corrected chi connectivity index (χ2v) is 6.08. The molecule has 2 aromatic heterocycles. The standard InChI is InChI=1S/C16H16FN5OS/c1-11(15-18-8-9-24-15)20-16(23)21-14-6-7-19-22(14)10-12-4-2-3-5-13(12)17/h2-9,11H,10H2,1H3,(H2,20,21,23). The van der Waals surface area contributed by atoms with Gasteiger partial charge in [0.25, 0.3) is 0 Å². The molecule has 0 aliphatic carbocycles. The van der Waals surface area contributed by atoms with Gasteiger partial charge < -0.3 is 5.32 Å². The lowest BCUT2D eigenvalue weighted by atomic mass is 10.2. The molecule has 1 atom stereocenters. The van der Waals surface area contributed by atoms with Gasteiger partial charge in [-0.05, 0) is 13.0 Å². The van der Waals surface area contributed by atoms with E-state index < -0.39 is 0 Å². The molecule has 0 fully saturated rings. The molecule has 1 aromatic carbocycles. The summed E-state index contributed by atoms with van der Waals surface area (Å²) in [5.74, 6) is 0.183. The van der Waals surface area contributed by atoms with Crippen LogP contribution in [-0.2, 0) is 6.54 Å². The second kappa shape index (κ2) is 7.22. The molecule has 3 aromatic rings. The Labute approximate surface area is 142 Å². The predicted octanol–water partition coefficient (Wildman–Crippen LogP) is 3.41. The van der Waals surface area contributed by atoms with E-state index in [9.17, 15) is 9.18 Å². The molecular weight excluding hydrogens is 329 g/mol. The van der Waals surface area contributed by atoms with E-state index in [1.54, 1.807) is 36.7 Å². The largest absolute Gasteiger partial charge is 0.329 e. The fourth-order valence-corrected chi connectivity index (χ4v) is 2.86. The van der Waals surface area contributed by atoms with Gasteiger partial charge in [0, 0.05) is 23.2 Å². The van der Waals surface area contributed by atoms with E-state index in [1.807, 2.05) is 12.3 Å². The Morgan fingerprint density at radius 2 is 2.17 bits per heavy atom. The van der Waals surface area contributed by atoms with Crippen LogP contribution in [-0.4, -0.2) is 20.8 Å². The summed E-state index contributed by atoms with van der Waals surface area (Å²) in [6.45, 7) is 2.09. The van der Waals surface area contributed by atoms with Crippen molar-refractivity contribution in [1.82, 2.24) is 20.1 Å². The smallest absolute Gasteiger partial charge is 0.320 e. The minimum Gasteiger partial charge on any atom is -0.329 e. The third-order valence-corrected chi connectivity index (χ3v) is 4.36. The Bertz CT molecular complexity index is 818. The van der Waals surface area contributed by atoms with E-state index in [0.29, 0.717) is 11.4 Å². The number of nitrogens with zero attached hydrogens (tertiary/aromatic N) is 3. The van der Waals surface area contributed by atoms with E-state index in [2.05, 4.69) is 20.7 Å². The van der Waals surface area contributed by atoms with Gasteiger partial charge in [0.1, 0.15) is 16.6 Å². The topological polar surface area (TPSA) is 71.8 Å². The molecule has 2 amide bonds. The first kappa shape index (κ1) is 16.1. The summed E-state index contributed by atoms with van der Waals surface area (Å²) in [5.41, 5.74) is 0.501. The van der Waals surface area contributed by atoms with Crippen LogP contribution in [0, 0.1) is 5.82 Å². The molecule has 0 spiro atoms. The molecule has 3 rings (SSSR count). The maximum absolute atomic E-state index is 13.8. The van der Waals surface area contributed by atoms with Crippen LogP contribution in [0.5, 0.6) is 0 Å². The number of halogens is 1. The van der Waals surface area contributed by atoms with Crippen molar-refractivity contribution in [2.24, 2.45) is 0 Å². The lowest BCUT2D eigenvalue weighted by Crippen LogP contribution is -2.32. The molecule has 1 unspecified atom stereocenters. The average molecular weight is 345 g/mol. The monoisotopic (exact) mass is 345 g/mol. The maximum atomic E-state index is 13.8. The minimum atomic E-state index is -0.368. The maximum Gasteiger partial charge on any atom is 0.320 e. The fraction of sp³-hybridized carbons (Fsp3) is 0.188. The van der Waals surface area contributed by atoms with Crippen molar-refractivity contribution in [3.63, 3.8) is 0 Å². The molecule has 24 heavy (non-hydrogen) atoms. The Balaban J connectivity index is 1.65. The highest BCUT2D eigenvalue weighted by molar-refractivity contribution is 7.09. The van der Waals surface area contributed by atoms with Crippen molar-refractivity contribution in [2.45, 2.75) is 19.5 Å². The van der Waals surface area contributed by atoms with Crippen LogP contribution in [0.2, 0.25) is 0 Å². The third kappa shape index (κ3) is 3.77. The van der Waals surface area contributed by atoms with Gasteiger partial charge in [-0.2, -0.15) is 5.10 Å². The first-order valence-corrected chi connectivity index (χ1v) is 8.23. The fourth-order valence-electron chi connectivity index (χ4n) is 2.21. The summed E-state index contributed by atoms with van der Waals surface area (Å²) in [4.78, 5) is 16.3. The van der Waals surface area contributed by atoms with Crippen molar-refractivity contribution in [3.8, 4) is 0 Å². The molecular formula is C16H16FN5OS. The van der Waals surface area contributed by atoms with Crippen LogP contribution in [0.3, 0.4) is 0 Å². The predicted molar refractivity (Wildman–Crippen MR) is 90.4 cm³/mol. The lowest BCUT2D eigenvalue weighted by Gasteiger charge is -2.13. The van der Waals surface area contributed by atoms with E-state index in [4.69, 9.17) is 0 Å². The number of thiazole rings is 1. The van der Waals surface area contributed by atoms with Gasteiger partial charge in [0.05, 0.1) is 18.8 Å². The number of hydrogen-bond acceptors (Lipinski definition) is 4. The van der Waals surface area contributed by atoms with Crippen molar-refractivity contribution in [1.29, 1.82) is 0 Å². The number of nitrogens with one attached hydrogen (secondary N) is 2. The van der Waals surface area contributed by atoms with Crippen molar-refractivity contribution < 1.29 is 9.18 Å². The van der Waals surface area contributed by atoms with E-state index in [-0.39, 0.29) is 24.4 Å². The highest BCUT2D eigenvalue weighted by Gasteiger charge is 2.14. The minimum absolute atomic E-state index is 0.201.